The van der Waals surface area contributed by atoms with E-state index in [4.69, 9.17) is 26.4 Å². The van der Waals surface area contributed by atoms with E-state index in [1.807, 2.05) is 60.1 Å². The largest absolute Gasteiger partial charge is 0.497 e. The number of carbonyl (C=O) groups is 1. The van der Waals surface area contributed by atoms with E-state index in [9.17, 15) is 4.79 Å². The van der Waals surface area contributed by atoms with Crippen LogP contribution in [0.15, 0.2) is 48.5 Å². The van der Waals surface area contributed by atoms with Crippen LogP contribution in [0.1, 0.15) is 24.1 Å². The maximum Gasteiger partial charge on any atom is 0.224 e. The second-order valence-electron chi connectivity index (χ2n) is 8.48. The third-order valence-electron chi connectivity index (χ3n) is 6.10. The number of anilines is 1. The Morgan fingerprint density at radius 1 is 1.15 bits per heavy atom. The number of amides is 1. The molecular weight excluding hydrogens is 470 g/mol. The van der Waals surface area contributed by atoms with Crippen LogP contribution >= 0.6 is 22.9 Å². The number of aryl methyl sites for hydroxylation is 1. The molecule has 1 N–H and O–H groups in total. The monoisotopic (exact) mass is 495 g/mol. The lowest BCUT2D eigenvalue weighted by Gasteiger charge is -2.32. The van der Waals surface area contributed by atoms with Gasteiger partial charge in [-0.25, -0.2) is 4.68 Å². The fraction of sp³-hybridized carbons (Fsp3) is 0.320. The SMILES string of the molecule is COc1ccc(-n2nc(C)c3sc(N4CCC(NC(=O)Cc5ccc(Cl)cc5)CC4)nc32)cc1. The summed E-state index contributed by atoms with van der Waals surface area (Å²) in [5, 5.41) is 9.56. The van der Waals surface area contributed by atoms with Gasteiger partial charge >= 0.3 is 0 Å². The summed E-state index contributed by atoms with van der Waals surface area (Å²) in [6.07, 6.45) is 2.16. The Labute approximate surface area is 207 Å². The van der Waals surface area contributed by atoms with Crippen molar-refractivity contribution < 1.29 is 9.53 Å². The van der Waals surface area contributed by atoms with Crippen LogP contribution in [0.5, 0.6) is 5.75 Å². The maximum atomic E-state index is 12.5. The highest BCUT2D eigenvalue weighted by atomic mass is 35.5. The molecule has 0 aliphatic carbocycles. The van der Waals surface area contributed by atoms with E-state index in [1.165, 1.54) is 0 Å². The van der Waals surface area contributed by atoms with E-state index >= 15 is 0 Å². The molecule has 1 fully saturated rings. The fourth-order valence-electron chi connectivity index (χ4n) is 4.24. The van der Waals surface area contributed by atoms with E-state index < -0.39 is 0 Å². The van der Waals surface area contributed by atoms with Crippen molar-refractivity contribution in [3.05, 3.63) is 64.8 Å². The lowest BCUT2D eigenvalue weighted by molar-refractivity contribution is -0.121. The minimum absolute atomic E-state index is 0.0518. The number of carbonyl (C=O) groups excluding carboxylic acids is 1. The molecule has 0 spiro atoms. The molecule has 3 heterocycles. The summed E-state index contributed by atoms with van der Waals surface area (Å²) in [5.74, 6) is 0.863. The molecule has 4 aromatic rings. The Morgan fingerprint density at radius 3 is 2.53 bits per heavy atom. The van der Waals surface area contributed by atoms with Gasteiger partial charge in [-0.1, -0.05) is 35.1 Å². The Bertz CT molecular complexity index is 1290. The van der Waals surface area contributed by atoms with Crippen molar-refractivity contribution in [2.75, 3.05) is 25.1 Å². The number of aromatic nitrogens is 3. The van der Waals surface area contributed by atoms with Gasteiger partial charge in [0.15, 0.2) is 10.8 Å². The van der Waals surface area contributed by atoms with Crippen molar-refractivity contribution in [1.29, 1.82) is 0 Å². The first-order valence-electron chi connectivity index (χ1n) is 11.3. The number of nitrogens with one attached hydrogen (secondary N) is 1. The number of methoxy groups -OCH3 is 1. The van der Waals surface area contributed by atoms with Gasteiger partial charge in [0.2, 0.25) is 5.91 Å². The third-order valence-corrected chi connectivity index (χ3v) is 7.57. The summed E-state index contributed by atoms with van der Waals surface area (Å²) in [4.78, 5) is 19.7. The molecule has 2 aromatic carbocycles. The van der Waals surface area contributed by atoms with Crippen LogP contribution in [0, 0.1) is 6.92 Å². The first-order valence-corrected chi connectivity index (χ1v) is 12.5. The number of benzene rings is 2. The van der Waals surface area contributed by atoms with Crippen LogP contribution in [0.25, 0.3) is 16.0 Å². The summed E-state index contributed by atoms with van der Waals surface area (Å²) in [7, 11) is 1.66. The smallest absolute Gasteiger partial charge is 0.224 e. The minimum Gasteiger partial charge on any atom is -0.497 e. The average molecular weight is 496 g/mol. The molecule has 5 rings (SSSR count). The predicted molar refractivity (Wildman–Crippen MR) is 137 cm³/mol. The second kappa shape index (κ2) is 9.64. The van der Waals surface area contributed by atoms with E-state index in [-0.39, 0.29) is 11.9 Å². The number of thiazole rings is 1. The van der Waals surface area contributed by atoms with Crippen molar-refractivity contribution in [1.82, 2.24) is 20.1 Å². The lowest BCUT2D eigenvalue weighted by atomic mass is 10.0. The van der Waals surface area contributed by atoms with Gasteiger partial charge in [0, 0.05) is 24.2 Å². The normalized spacial score (nSPS) is 14.5. The predicted octanol–water partition coefficient (Wildman–Crippen LogP) is 4.78. The second-order valence-corrected chi connectivity index (χ2v) is 9.89. The third kappa shape index (κ3) is 4.74. The number of ether oxygens (including phenoxy) is 1. The van der Waals surface area contributed by atoms with Crippen LogP contribution in [0.4, 0.5) is 5.13 Å². The van der Waals surface area contributed by atoms with Crippen molar-refractivity contribution in [3.63, 3.8) is 0 Å². The minimum atomic E-state index is 0.0518. The zero-order valence-electron chi connectivity index (χ0n) is 19.1. The topological polar surface area (TPSA) is 72.3 Å². The van der Waals surface area contributed by atoms with E-state index in [0.717, 1.165) is 64.1 Å². The van der Waals surface area contributed by atoms with Crippen molar-refractivity contribution in [2.45, 2.75) is 32.2 Å². The molecule has 1 aliphatic rings. The first kappa shape index (κ1) is 22.7. The highest BCUT2D eigenvalue weighted by Crippen LogP contribution is 2.34. The number of piperidine rings is 1. The zero-order valence-corrected chi connectivity index (χ0v) is 20.7. The van der Waals surface area contributed by atoms with Gasteiger partial charge in [-0.2, -0.15) is 10.1 Å². The quantitative estimate of drug-likeness (QED) is 0.417. The first-order chi connectivity index (χ1) is 16.5. The van der Waals surface area contributed by atoms with E-state index in [1.54, 1.807) is 18.4 Å². The van der Waals surface area contributed by atoms with E-state index in [0.29, 0.717) is 11.4 Å². The number of rotatable bonds is 6. The molecule has 2 aromatic heterocycles. The summed E-state index contributed by atoms with van der Waals surface area (Å²) in [5.41, 5.74) is 3.77. The van der Waals surface area contributed by atoms with Crippen molar-refractivity contribution in [2.24, 2.45) is 0 Å². The van der Waals surface area contributed by atoms with Gasteiger partial charge in [-0.3, -0.25) is 4.79 Å². The maximum absolute atomic E-state index is 12.5. The van der Waals surface area contributed by atoms with Gasteiger partial charge in [-0.15, -0.1) is 0 Å². The van der Waals surface area contributed by atoms with E-state index in [2.05, 4.69) is 10.2 Å². The Kier molecular flexibility index (Phi) is 6.43. The number of halogens is 1. The molecular formula is C25H26ClN5O2S. The summed E-state index contributed by atoms with van der Waals surface area (Å²) < 4.78 is 8.26. The summed E-state index contributed by atoms with van der Waals surface area (Å²) >= 11 is 7.61. The number of nitrogens with zero attached hydrogens (tertiary/aromatic N) is 4. The number of hydrogen-bond donors (Lipinski definition) is 1. The van der Waals surface area contributed by atoms with Crippen LogP contribution in [0.2, 0.25) is 5.02 Å². The van der Waals surface area contributed by atoms with Crippen LogP contribution in [-0.2, 0) is 11.2 Å². The molecule has 34 heavy (non-hydrogen) atoms. The molecule has 0 atom stereocenters. The average Bonchev–Trinajstić information content (AvgIpc) is 3.42. The highest BCUT2D eigenvalue weighted by Gasteiger charge is 2.24. The number of hydrogen-bond acceptors (Lipinski definition) is 6. The Balaban J connectivity index is 1.23. The highest BCUT2D eigenvalue weighted by molar-refractivity contribution is 7.22. The molecule has 176 valence electrons. The summed E-state index contributed by atoms with van der Waals surface area (Å²) in [6, 6.07) is 15.4. The lowest BCUT2D eigenvalue weighted by Crippen LogP contribution is -2.45. The standard InChI is InChI=1S/C25H26ClN5O2S/c1-16-23-24(31(29-16)20-7-9-21(33-2)10-8-20)28-25(34-23)30-13-11-19(12-14-30)27-22(32)15-17-3-5-18(26)6-4-17/h3-10,19H,11-15H2,1-2H3,(H,27,32). The molecule has 1 saturated heterocycles. The van der Waals surface area contributed by atoms with Gasteiger partial charge in [0.1, 0.15) is 5.75 Å². The van der Waals surface area contributed by atoms with Crippen molar-refractivity contribution >= 4 is 44.3 Å². The van der Waals surface area contributed by atoms with Gasteiger partial charge < -0.3 is 15.0 Å². The van der Waals surface area contributed by atoms with Gasteiger partial charge in [0.05, 0.1) is 29.6 Å². The van der Waals surface area contributed by atoms with Gasteiger partial charge in [0.25, 0.3) is 0 Å². The molecule has 1 aliphatic heterocycles. The molecule has 1 amide bonds. The molecule has 0 saturated carbocycles. The summed E-state index contributed by atoms with van der Waals surface area (Å²) in [6.45, 7) is 3.74. The van der Waals surface area contributed by atoms with Crippen molar-refractivity contribution in [3.8, 4) is 11.4 Å². The molecule has 0 unspecified atom stereocenters. The van der Waals surface area contributed by atoms with Gasteiger partial charge in [-0.05, 0) is 61.7 Å². The van der Waals surface area contributed by atoms with Crippen LogP contribution in [-0.4, -0.2) is 46.9 Å². The fourth-order valence-corrected chi connectivity index (χ4v) is 5.41. The Morgan fingerprint density at radius 2 is 1.85 bits per heavy atom. The zero-order chi connectivity index (χ0) is 23.7. The molecule has 7 nitrogen and oxygen atoms in total. The molecule has 9 heteroatoms. The van der Waals surface area contributed by atoms with Crippen LogP contribution in [0.3, 0.4) is 0 Å². The Hall–Kier alpha value is -3.10. The number of fused-ring (bicyclic) bond motifs is 1. The molecule has 0 bridgehead atoms. The molecule has 0 radical (unpaired) electrons. The van der Waals surface area contributed by atoms with Crippen LogP contribution < -0.4 is 15.0 Å².